The van der Waals surface area contributed by atoms with E-state index in [-0.39, 0.29) is 5.91 Å². The SMILES string of the molecule is CON(C)C(=O)C1(C(=O)OC(C)(C)C)CCNCC1. The van der Waals surface area contributed by atoms with Crippen molar-refractivity contribution in [2.24, 2.45) is 5.41 Å². The van der Waals surface area contributed by atoms with Crippen molar-refractivity contribution in [2.75, 3.05) is 27.2 Å². The van der Waals surface area contributed by atoms with Gasteiger partial charge in [0.25, 0.3) is 5.91 Å². The second-order valence-electron chi connectivity index (χ2n) is 5.82. The van der Waals surface area contributed by atoms with Gasteiger partial charge in [0.2, 0.25) is 0 Å². The van der Waals surface area contributed by atoms with E-state index in [1.54, 1.807) is 20.8 Å². The van der Waals surface area contributed by atoms with Crippen molar-refractivity contribution >= 4 is 11.9 Å². The Hall–Kier alpha value is -1.14. The molecule has 0 atom stereocenters. The summed E-state index contributed by atoms with van der Waals surface area (Å²) in [5.74, 6) is -0.804. The van der Waals surface area contributed by atoms with Gasteiger partial charge in [0.15, 0.2) is 5.41 Å². The van der Waals surface area contributed by atoms with Crippen molar-refractivity contribution in [2.45, 2.75) is 39.2 Å². The molecule has 1 saturated heterocycles. The topological polar surface area (TPSA) is 67.9 Å². The van der Waals surface area contributed by atoms with Crippen LogP contribution in [0.3, 0.4) is 0 Å². The second-order valence-corrected chi connectivity index (χ2v) is 5.82. The summed E-state index contributed by atoms with van der Waals surface area (Å²) in [7, 11) is 2.91. The molecule has 0 radical (unpaired) electrons. The number of hydrogen-bond donors (Lipinski definition) is 1. The Kier molecular flexibility index (Phi) is 4.92. The molecule has 1 heterocycles. The van der Waals surface area contributed by atoms with Gasteiger partial charge in [-0.25, -0.2) is 5.06 Å². The number of esters is 1. The Labute approximate surface area is 114 Å². The van der Waals surface area contributed by atoms with Crippen LogP contribution in [0.1, 0.15) is 33.6 Å². The fraction of sp³-hybridized carbons (Fsp3) is 0.846. The minimum atomic E-state index is -1.14. The Morgan fingerprint density at radius 2 is 1.74 bits per heavy atom. The molecule has 0 aromatic carbocycles. The number of rotatable bonds is 3. The first kappa shape index (κ1) is 15.9. The van der Waals surface area contributed by atoms with E-state index in [4.69, 9.17) is 9.57 Å². The molecule has 0 bridgehead atoms. The van der Waals surface area contributed by atoms with E-state index in [1.807, 2.05) is 0 Å². The molecule has 1 aliphatic heterocycles. The minimum Gasteiger partial charge on any atom is -0.459 e. The number of ether oxygens (including phenoxy) is 1. The molecule has 0 spiro atoms. The average molecular weight is 272 g/mol. The van der Waals surface area contributed by atoms with Crippen LogP contribution in [0.2, 0.25) is 0 Å². The number of nitrogens with one attached hydrogen (secondary N) is 1. The summed E-state index contributed by atoms with van der Waals surface area (Å²) in [6.07, 6.45) is 0.850. The van der Waals surface area contributed by atoms with Gasteiger partial charge >= 0.3 is 5.97 Å². The van der Waals surface area contributed by atoms with E-state index in [1.165, 1.54) is 14.2 Å². The van der Waals surface area contributed by atoms with Crippen LogP contribution in [0, 0.1) is 5.41 Å². The lowest BCUT2D eigenvalue weighted by Gasteiger charge is -2.37. The maximum Gasteiger partial charge on any atom is 0.322 e. The molecule has 1 rings (SSSR count). The highest BCUT2D eigenvalue weighted by Crippen LogP contribution is 2.34. The Morgan fingerprint density at radius 1 is 1.21 bits per heavy atom. The molecule has 0 aromatic heterocycles. The van der Waals surface area contributed by atoms with Gasteiger partial charge in [-0.15, -0.1) is 0 Å². The highest BCUT2D eigenvalue weighted by molar-refractivity contribution is 6.02. The third kappa shape index (κ3) is 3.67. The molecular formula is C13H24N2O4. The van der Waals surface area contributed by atoms with Crippen LogP contribution in [0.5, 0.6) is 0 Å². The fourth-order valence-electron chi connectivity index (χ4n) is 2.12. The lowest BCUT2D eigenvalue weighted by Crippen LogP contribution is -2.54. The third-order valence-electron chi connectivity index (χ3n) is 3.22. The molecule has 19 heavy (non-hydrogen) atoms. The fourth-order valence-corrected chi connectivity index (χ4v) is 2.12. The molecule has 6 heteroatoms. The van der Waals surface area contributed by atoms with E-state index < -0.39 is 17.0 Å². The summed E-state index contributed by atoms with van der Waals surface area (Å²) < 4.78 is 5.43. The zero-order chi connectivity index (χ0) is 14.7. The van der Waals surface area contributed by atoms with Gasteiger partial charge in [0, 0.05) is 7.05 Å². The first-order valence-electron chi connectivity index (χ1n) is 6.49. The Bertz CT molecular complexity index is 343. The monoisotopic (exact) mass is 272 g/mol. The Balaban J connectivity index is 2.99. The molecule has 110 valence electrons. The van der Waals surface area contributed by atoms with Crippen LogP contribution in [-0.4, -0.2) is 49.8 Å². The number of carbonyl (C=O) groups is 2. The molecule has 0 aliphatic carbocycles. The number of piperidine rings is 1. The van der Waals surface area contributed by atoms with Gasteiger partial charge in [-0.3, -0.25) is 14.4 Å². The van der Waals surface area contributed by atoms with Crippen LogP contribution < -0.4 is 5.32 Å². The van der Waals surface area contributed by atoms with E-state index in [0.717, 1.165) is 5.06 Å². The standard InChI is InChI=1S/C13H24N2O4/c1-12(2,3)19-11(17)13(6-8-14-9-7-13)10(16)15(4)18-5/h14H,6-9H2,1-5H3. The number of carbonyl (C=O) groups excluding carboxylic acids is 2. The number of hydrogen-bond acceptors (Lipinski definition) is 5. The summed E-state index contributed by atoms with van der Waals surface area (Å²) in [4.78, 5) is 29.8. The molecule has 0 unspecified atom stereocenters. The molecule has 0 aromatic rings. The third-order valence-corrected chi connectivity index (χ3v) is 3.22. The number of nitrogens with zero attached hydrogens (tertiary/aromatic N) is 1. The lowest BCUT2D eigenvalue weighted by molar-refractivity contribution is -0.194. The zero-order valence-electron chi connectivity index (χ0n) is 12.4. The van der Waals surface area contributed by atoms with Gasteiger partial charge < -0.3 is 10.1 Å². The lowest BCUT2D eigenvalue weighted by atomic mass is 9.77. The summed E-state index contributed by atoms with van der Waals surface area (Å²) >= 11 is 0. The van der Waals surface area contributed by atoms with Gasteiger partial charge in [-0.2, -0.15) is 0 Å². The minimum absolute atomic E-state index is 0.342. The van der Waals surface area contributed by atoms with Crippen molar-refractivity contribution in [1.82, 2.24) is 10.4 Å². The van der Waals surface area contributed by atoms with Crippen molar-refractivity contribution in [3.63, 3.8) is 0 Å². The first-order valence-corrected chi connectivity index (χ1v) is 6.49. The normalized spacial score (nSPS) is 18.8. The van der Waals surface area contributed by atoms with Crippen molar-refractivity contribution < 1.29 is 19.2 Å². The molecule has 6 nitrogen and oxygen atoms in total. The van der Waals surface area contributed by atoms with Gasteiger partial charge in [-0.05, 0) is 46.7 Å². The van der Waals surface area contributed by atoms with E-state index in [2.05, 4.69) is 5.32 Å². The highest BCUT2D eigenvalue weighted by Gasteiger charge is 2.50. The number of amides is 1. The average Bonchev–Trinajstić information content (AvgIpc) is 2.35. The summed E-state index contributed by atoms with van der Waals surface area (Å²) in [5.41, 5.74) is -1.75. The maximum absolute atomic E-state index is 12.5. The summed E-state index contributed by atoms with van der Waals surface area (Å²) in [6.45, 7) is 6.61. The van der Waals surface area contributed by atoms with Gasteiger partial charge in [0.05, 0.1) is 7.11 Å². The van der Waals surface area contributed by atoms with Gasteiger partial charge in [-0.1, -0.05) is 0 Å². The van der Waals surface area contributed by atoms with Crippen molar-refractivity contribution in [3.05, 3.63) is 0 Å². The first-order chi connectivity index (χ1) is 8.73. The van der Waals surface area contributed by atoms with E-state index in [0.29, 0.717) is 25.9 Å². The largest absolute Gasteiger partial charge is 0.459 e. The zero-order valence-corrected chi connectivity index (χ0v) is 12.4. The molecular weight excluding hydrogens is 248 g/mol. The van der Waals surface area contributed by atoms with Crippen LogP contribution in [0.25, 0.3) is 0 Å². The molecule has 0 saturated carbocycles. The number of hydroxylamine groups is 2. The molecule has 1 aliphatic rings. The van der Waals surface area contributed by atoms with E-state index in [9.17, 15) is 9.59 Å². The summed E-state index contributed by atoms with van der Waals surface area (Å²) in [6, 6.07) is 0. The summed E-state index contributed by atoms with van der Waals surface area (Å²) in [5, 5.41) is 4.26. The van der Waals surface area contributed by atoms with Crippen LogP contribution in [0.15, 0.2) is 0 Å². The molecule has 1 amide bonds. The molecule has 1 fully saturated rings. The van der Waals surface area contributed by atoms with Gasteiger partial charge in [0.1, 0.15) is 5.60 Å². The second kappa shape index (κ2) is 5.88. The van der Waals surface area contributed by atoms with E-state index >= 15 is 0 Å². The van der Waals surface area contributed by atoms with Crippen molar-refractivity contribution in [1.29, 1.82) is 0 Å². The quantitative estimate of drug-likeness (QED) is 0.466. The predicted molar refractivity (Wildman–Crippen MR) is 70.2 cm³/mol. The van der Waals surface area contributed by atoms with Crippen LogP contribution >= 0.6 is 0 Å². The van der Waals surface area contributed by atoms with Crippen molar-refractivity contribution in [3.8, 4) is 0 Å². The van der Waals surface area contributed by atoms with Crippen LogP contribution in [0.4, 0.5) is 0 Å². The Morgan fingerprint density at radius 3 is 2.16 bits per heavy atom. The highest BCUT2D eigenvalue weighted by atomic mass is 16.7. The smallest absolute Gasteiger partial charge is 0.322 e. The predicted octanol–water partition coefficient (Wildman–Crippen LogP) is 0.718. The maximum atomic E-state index is 12.5. The van der Waals surface area contributed by atoms with Crippen LogP contribution in [-0.2, 0) is 19.2 Å². The molecule has 1 N–H and O–H groups in total.